The lowest BCUT2D eigenvalue weighted by Gasteiger charge is -2.23. The van der Waals surface area contributed by atoms with Crippen molar-refractivity contribution in [1.29, 1.82) is 0 Å². The Morgan fingerprint density at radius 2 is 1.67 bits per heavy atom. The van der Waals surface area contributed by atoms with Crippen LogP contribution in [0.2, 0.25) is 0 Å². The molecule has 0 rings (SSSR count). The SMILES string of the molecule is CS/C=N\NC(C(C)C)C(C)C. The van der Waals surface area contributed by atoms with E-state index in [4.69, 9.17) is 0 Å². The summed E-state index contributed by atoms with van der Waals surface area (Å²) in [5.74, 6) is 1.26. The average Bonchev–Trinajstić information content (AvgIpc) is 1.96. The van der Waals surface area contributed by atoms with Gasteiger partial charge in [-0.05, 0) is 18.1 Å². The van der Waals surface area contributed by atoms with Crippen LogP contribution in [0.1, 0.15) is 27.7 Å². The van der Waals surface area contributed by atoms with Crippen molar-refractivity contribution in [2.45, 2.75) is 33.7 Å². The summed E-state index contributed by atoms with van der Waals surface area (Å²) in [5.41, 5.74) is 5.00. The first-order valence-corrected chi connectivity index (χ1v) is 5.68. The van der Waals surface area contributed by atoms with Crippen LogP contribution in [0.4, 0.5) is 0 Å². The molecule has 0 aromatic carbocycles. The van der Waals surface area contributed by atoms with Crippen LogP contribution in [-0.2, 0) is 0 Å². The molecule has 0 heterocycles. The monoisotopic (exact) mass is 188 g/mol. The molecule has 12 heavy (non-hydrogen) atoms. The molecule has 0 atom stereocenters. The summed E-state index contributed by atoms with van der Waals surface area (Å²) < 4.78 is 0. The Kier molecular flexibility index (Phi) is 6.25. The topological polar surface area (TPSA) is 24.4 Å². The molecule has 0 fully saturated rings. The smallest absolute Gasteiger partial charge is 0.0794 e. The van der Waals surface area contributed by atoms with Gasteiger partial charge in [0.05, 0.1) is 5.55 Å². The quantitative estimate of drug-likeness (QED) is 0.407. The van der Waals surface area contributed by atoms with Crippen molar-refractivity contribution in [3.8, 4) is 0 Å². The predicted octanol–water partition coefficient (Wildman–Crippen LogP) is 2.56. The minimum absolute atomic E-state index is 0.480. The zero-order valence-electron chi connectivity index (χ0n) is 8.66. The maximum absolute atomic E-state index is 4.12. The van der Waals surface area contributed by atoms with Crippen LogP contribution in [0.3, 0.4) is 0 Å². The molecule has 2 nitrogen and oxygen atoms in total. The Morgan fingerprint density at radius 3 is 2.00 bits per heavy atom. The van der Waals surface area contributed by atoms with Crippen molar-refractivity contribution >= 4 is 17.3 Å². The Labute approximate surface area is 80.2 Å². The fraction of sp³-hybridized carbons (Fsp3) is 0.889. The highest BCUT2D eigenvalue weighted by Crippen LogP contribution is 2.11. The third-order valence-electron chi connectivity index (χ3n) is 1.82. The number of nitrogens with one attached hydrogen (secondary N) is 1. The maximum atomic E-state index is 4.12. The van der Waals surface area contributed by atoms with Crippen molar-refractivity contribution in [2.75, 3.05) is 6.26 Å². The standard InChI is InChI=1S/C9H20N2S/c1-7(2)9(8(3)4)11-10-6-12-5/h6-9,11H,1-5H3/b10-6-. The van der Waals surface area contributed by atoms with E-state index in [0.29, 0.717) is 17.9 Å². The molecule has 3 heteroatoms. The highest BCUT2D eigenvalue weighted by Gasteiger charge is 2.15. The normalized spacial score (nSPS) is 12.3. The van der Waals surface area contributed by atoms with Crippen molar-refractivity contribution in [3.63, 3.8) is 0 Å². The molecule has 0 bridgehead atoms. The molecule has 0 aromatic heterocycles. The highest BCUT2D eigenvalue weighted by atomic mass is 32.2. The van der Waals surface area contributed by atoms with Crippen LogP contribution >= 0.6 is 11.8 Å². The Bertz CT molecular complexity index is 124. The van der Waals surface area contributed by atoms with Gasteiger partial charge in [-0.1, -0.05) is 27.7 Å². The number of hydrogen-bond donors (Lipinski definition) is 1. The summed E-state index contributed by atoms with van der Waals surface area (Å²) in [5, 5.41) is 4.12. The molecule has 0 aromatic rings. The second kappa shape index (κ2) is 6.35. The lowest BCUT2D eigenvalue weighted by Crippen LogP contribution is -2.34. The maximum Gasteiger partial charge on any atom is 0.0794 e. The minimum Gasteiger partial charge on any atom is -0.306 e. The third kappa shape index (κ3) is 4.65. The van der Waals surface area contributed by atoms with Gasteiger partial charge in [0, 0.05) is 6.04 Å². The van der Waals surface area contributed by atoms with E-state index in [0.717, 1.165) is 0 Å². The van der Waals surface area contributed by atoms with E-state index < -0.39 is 0 Å². The van der Waals surface area contributed by atoms with E-state index in [-0.39, 0.29) is 0 Å². The van der Waals surface area contributed by atoms with Crippen LogP contribution in [0, 0.1) is 11.8 Å². The zero-order chi connectivity index (χ0) is 9.56. The van der Waals surface area contributed by atoms with Gasteiger partial charge in [0.15, 0.2) is 0 Å². The largest absolute Gasteiger partial charge is 0.306 e. The molecule has 0 saturated heterocycles. The molecule has 0 radical (unpaired) electrons. The molecule has 0 spiro atoms. The van der Waals surface area contributed by atoms with Crippen molar-refractivity contribution < 1.29 is 0 Å². The van der Waals surface area contributed by atoms with Gasteiger partial charge < -0.3 is 5.43 Å². The summed E-state index contributed by atoms with van der Waals surface area (Å²) in [6.45, 7) is 8.86. The van der Waals surface area contributed by atoms with Crippen LogP contribution in [-0.4, -0.2) is 17.8 Å². The second-order valence-corrected chi connectivity index (χ2v) is 4.30. The Balaban J connectivity index is 3.88. The zero-order valence-corrected chi connectivity index (χ0v) is 9.48. The summed E-state index contributed by atoms with van der Waals surface area (Å²) in [6.07, 6.45) is 2.00. The van der Waals surface area contributed by atoms with Crippen LogP contribution in [0.5, 0.6) is 0 Å². The summed E-state index contributed by atoms with van der Waals surface area (Å²) in [6, 6.07) is 0.480. The first kappa shape index (κ1) is 11.8. The number of nitrogens with zero attached hydrogens (tertiary/aromatic N) is 1. The molecule has 0 unspecified atom stereocenters. The lowest BCUT2D eigenvalue weighted by molar-refractivity contribution is 0.321. The van der Waals surface area contributed by atoms with E-state index >= 15 is 0 Å². The number of hydrogen-bond acceptors (Lipinski definition) is 3. The van der Waals surface area contributed by atoms with Gasteiger partial charge in [-0.15, -0.1) is 11.8 Å². The van der Waals surface area contributed by atoms with Crippen LogP contribution in [0.15, 0.2) is 5.10 Å². The van der Waals surface area contributed by atoms with Gasteiger partial charge in [-0.2, -0.15) is 5.10 Å². The fourth-order valence-electron chi connectivity index (χ4n) is 1.24. The van der Waals surface area contributed by atoms with Crippen LogP contribution < -0.4 is 5.43 Å². The first-order chi connectivity index (χ1) is 5.59. The van der Waals surface area contributed by atoms with Crippen molar-refractivity contribution in [1.82, 2.24) is 5.43 Å². The minimum atomic E-state index is 0.480. The Hall–Kier alpha value is -0.180. The Morgan fingerprint density at radius 1 is 1.17 bits per heavy atom. The molecule has 0 aliphatic rings. The molecule has 0 aliphatic heterocycles. The van der Waals surface area contributed by atoms with E-state index in [1.807, 2.05) is 11.8 Å². The third-order valence-corrected chi connectivity index (χ3v) is 2.13. The number of thioether (sulfide) groups is 1. The fourth-order valence-corrected chi connectivity index (χ4v) is 1.40. The molecular weight excluding hydrogens is 168 g/mol. The lowest BCUT2D eigenvalue weighted by atomic mass is 9.94. The van der Waals surface area contributed by atoms with Gasteiger partial charge in [0.25, 0.3) is 0 Å². The van der Waals surface area contributed by atoms with Gasteiger partial charge in [-0.3, -0.25) is 0 Å². The summed E-state index contributed by atoms with van der Waals surface area (Å²) >= 11 is 1.61. The van der Waals surface area contributed by atoms with E-state index in [9.17, 15) is 0 Å². The molecule has 0 saturated carbocycles. The van der Waals surface area contributed by atoms with E-state index in [1.54, 1.807) is 11.8 Å². The molecular formula is C9H20N2S. The summed E-state index contributed by atoms with van der Waals surface area (Å²) in [4.78, 5) is 0. The first-order valence-electron chi connectivity index (χ1n) is 4.39. The second-order valence-electron chi connectivity index (χ2n) is 3.61. The van der Waals surface area contributed by atoms with Crippen LogP contribution in [0.25, 0.3) is 0 Å². The van der Waals surface area contributed by atoms with Gasteiger partial charge in [0.2, 0.25) is 0 Å². The molecule has 0 amide bonds. The number of rotatable bonds is 5. The summed E-state index contributed by atoms with van der Waals surface area (Å²) in [7, 11) is 0. The van der Waals surface area contributed by atoms with Gasteiger partial charge >= 0.3 is 0 Å². The molecule has 72 valence electrons. The average molecular weight is 188 g/mol. The van der Waals surface area contributed by atoms with E-state index in [1.165, 1.54) is 0 Å². The van der Waals surface area contributed by atoms with E-state index in [2.05, 4.69) is 38.2 Å². The molecule has 0 aliphatic carbocycles. The van der Waals surface area contributed by atoms with Crippen molar-refractivity contribution in [2.24, 2.45) is 16.9 Å². The van der Waals surface area contributed by atoms with Gasteiger partial charge in [0.1, 0.15) is 0 Å². The van der Waals surface area contributed by atoms with Gasteiger partial charge in [-0.25, -0.2) is 0 Å². The number of hydrazone groups is 1. The molecule has 1 N–H and O–H groups in total. The predicted molar refractivity (Wildman–Crippen MR) is 58.6 cm³/mol. The van der Waals surface area contributed by atoms with Crippen molar-refractivity contribution in [3.05, 3.63) is 0 Å². The highest BCUT2D eigenvalue weighted by molar-refractivity contribution is 8.11.